The number of anilines is 3. The van der Waals surface area contributed by atoms with E-state index in [1.165, 1.54) is 7.11 Å². The molecule has 3 amide bonds. The smallest absolute Gasteiger partial charge is 0.412 e. The number of fused-ring (bicyclic) bond motifs is 1. The first-order valence-electron chi connectivity index (χ1n) is 18.8. The van der Waals surface area contributed by atoms with E-state index >= 15 is 0 Å². The SMILES string of the molecule is COc1cc(NCc2cnc(C(=O)Nc3cccc(-c4cccc(NC(=O)c5nc6c(n5C)CCN(C(=O)OC(C)OCC(C)C)C6)c4Cl)c3C)cc2OC)ccn1. The van der Waals surface area contributed by atoms with E-state index in [0.717, 1.165) is 28.1 Å². The molecule has 0 saturated heterocycles. The lowest BCUT2D eigenvalue weighted by Gasteiger charge is -2.27. The molecule has 304 valence electrons. The average Bonchev–Trinajstić information content (AvgIpc) is 3.56. The van der Waals surface area contributed by atoms with Crippen LogP contribution in [0.2, 0.25) is 5.02 Å². The van der Waals surface area contributed by atoms with Crippen LogP contribution >= 0.6 is 11.6 Å². The normalized spacial score (nSPS) is 12.7. The number of nitrogens with one attached hydrogen (secondary N) is 3. The van der Waals surface area contributed by atoms with Crippen molar-refractivity contribution in [1.29, 1.82) is 0 Å². The highest BCUT2D eigenvalue weighted by Gasteiger charge is 2.29. The van der Waals surface area contributed by atoms with E-state index in [1.807, 2.05) is 45.0 Å². The fourth-order valence-corrected chi connectivity index (χ4v) is 6.74. The lowest BCUT2D eigenvalue weighted by Crippen LogP contribution is -2.38. The molecular formula is C42H47ClN8O7. The van der Waals surface area contributed by atoms with Crippen molar-refractivity contribution < 1.29 is 33.3 Å². The van der Waals surface area contributed by atoms with E-state index in [-0.39, 0.29) is 18.1 Å². The molecule has 0 fully saturated rings. The number of amides is 3. The number of benzene rings is 2. The first kappa shape index (κ1) is 41.4. The Hall–Kier alpha value is -6.19. The minimum atomic E-state index is -0.684. The van der Waals surface area contributed by atoms with Gasteiger partial charge in [-0.25, -0.2) is 14.8 Å². The average molecular weight is 811 g/mol. The van der Waals surface area contributed by atoms with Gasteiger partial charge in [0.05, 0.1) is 43.8 Å². The van der Waals surface area contributed by atoms with Gasteiger partial charge in [-0.1, -0.05) is 49.7 Å². The lowest BCUT2D eigenvalue weighted by atomic mass is 9.98. The number of rotatable bonds is 14. The fraction of sp³-hybridized carbons (Fsp3) is 0.333. The highest BCUT2D eigenvalue weighted by molar-refractivity contribution is 6.36. The molecule has 0 saturated carbocycles. The van der Waals surface area contributed by atoms with Crippen molar-refractivity contribution in [2.24, 2.45) is 13.0 Å². The van der Waals surface area contributed by atoms with Gasteiger partial charge in [0.1, 0.15) is 11.4 Å². The van der Waals surface area contributed by atoms with Gasteiger partial charge in [0, 0.05) is 79.3 Å². The van der Waals surface area contributed by atoms with E-state index in [0.29, 0.717) is 71.3 Å². The van der Waals surface area contributed by atoms with Gasteiger partial charge in [0.15, 0.2) is 5.82 Å². The highest BCUT2D eigenvalue weighted by atomic mass is 35.5. The van der Waals surface area contributed by atoms with Crippen LogP contribution in [0.15, 0.2) is 67.0 Å². The van der Waals surface area contributed by atoms with E-state index in [4.69, 9.17) is 30.5 Å². The van der Waals surface area contributed by atoms with Crippen molar-refractivity contribution in [2.45, 2.75) is 53.5 Å². The van der Waals surface area contributed by atoms with Crippen LogP contribution in [0, 0.1) is 12.8 Å². The molecule has 1 aliphatic rings. The van der Waals surface area contributed by atoms with Crippen LogP contribution in [0.4, 0.5) is 21.9 Å². The van der Waals surface area contributed by atoms with E-state index in [9.17, 15) is 14.4 Å². The molecule has 16 heteroatoms. The second kappa shape index (κ2) is 18.4. The fourth-order valence-electron chi connectivity index (χ4n) is 6.47. The number of carbonyl (C=O) groups excluding carboxylic acids is 3. The second-order valence-electron chi connectivity index (χ2n) is 14.1. The quantitative estimate of drug-likeness (QED) is 0.0950. The molecule has 4 heterocycles. The van der Waals surface area contributed by atoms with Gasteiger partial charge in [-0.2, -0.15) is 0 Å². The van der Waals surface area contributed by atoms with Crippen LogP contribution in [0.5, 0.6) is 11.6 Å². The molecule has 0 radical (unpaired) electrons. The van der Waals surface area contributed by atoms with Gasteiger partial charge in [-0.05, 0) is 49.1 Å². The molecule has 0 spiro atoms. The van der Waals surface area contributed by atoms with E-state index in [2.05, 4.69) is 30.9 Å². The van der Waals surface area contributed by atoms with Gasteiger partial charge in [0.2, 0.25) is 12.2 Å². The van der Waals surface area contributed by atoms with Crippen molar-refractivity contribution in [1.82, 2.24) is 24.4 Å². The lowest BCUT2D eigenvalue weighted by molar-refractivity contribution is -0.107. The number of methoxy groups -OCH3 is 2. The molecule has 1 atom stereocenters. The van der Waals surface area contributed by atoms with Gasteiger partial charge in [-0.3, -0.25) is 14.6 Å². The molecule has 0 bridgehead atoms. The summed E-state index contributed by atoms with van der Waals surface area (Å²) in [5.74, 6) is 0.586. The topological polar surface area (TPSA) is 171 Å². The number of pyridine rings is 2. The summed E-state index contributed by atoms with van der Waals surface area (Å²) in [7, 11) is 4.86. The van der Waals surface area contributed by atoms with Crippen LogP contribution in [0.1, 0.15) is 64.4 Å². The Morgan fingerprint density at radius 1 is 0.931 bits per heavy atom. The van der Waals surface area contributed by atoms with Crippen molar-refractivity contribution in [3.05, 3.63) is 106 Å². The standard InChI is InChI=1S/C42H47ClN8O7/c1-24(2)23-57-26(4)58-42(54)51-17-15-35-34(22-51)47-39(50(35)5)41(53)49-32-13-9-11-30(38(32)43)29-10-8-12-31(25(29)3)48-40(52)33-19-36(55-6)27(21-46-33)20-45-28-14-16-44-37(18-28)56-7/h8-14,16,18-19,21,24,26H,15,17,20,22-23H2,1-7H3,(H,44,45)(H,48,52)(H,49,53). The number of hydrogen-bond donors (Lipinski definition) is 3. The third-order valence-electron chi connectivity index (χ3n) is 9.59. The summed E-state index contributed by atoms with van der Waals surface area (Å²) in [6, 6.07) is 16.0. The third-order valence-corrected chi connectivity index (χ3v) is 10.00. The minimum absolute atomic E-state index is 0.170. The van der Waals surface area contributed by atoms with Gasteiger partial charge >= 0.3 is 6.09 Å². The summed E-state index contributed by atoms with van der Waals surface area (Å²) in [5.41, 5.74) is 6.29. The summed E-state index contributed by atoms with van der Waals surface area (Å²) in [4.78, 5) is 54.7. The van der Waals surface area contributed by atoms with Crippen LogP contribution in [-0.4, -0.2) is 76.0 Å². The van der Waals surface area contributed by atoms with Gasteiger partial charge in [-0.15, -0.1) is 0 Å². The highest BCUT2D eigenvalue weighted by Crippen LogP contribution is 2.38. The maximum absolute atomic E-state index is 13.7. The van der Waals surface area contributed by atoms with Crippen molar-refractivity contribution in [3.8, 4) is 22.8 Å². The molecule has 6 rings (SSSR count). The monoisotopic (exact) mass is 810 g/mol. The maximum atomic E-state index is 13.7. The van der Waals surface area contributed by atoms with Crippen LogP contribution < -0.4 is 25.4 Å². The molecule has 15 nitrogen and oxygen atoms in total. The summed E-state index contributed by atoms with van der Waals surface area (Å²) in [6.07, 6.45) is 2.55. The maximum Gasteiger partial charge on any atom is 0.412 e. The Bertz CT molecular complexity index is 2310. The molecule has 0 aliphatic carbocycles. The molecular weight excluding hydrogens is 764 g/mol. The molecule has 3 aromatic heterocycles. The second-order valence-corrected chi connectivity index (χ2v) is 14.5. The zero-order chi connectivity index (χ0) is 41.5. The van der Waals surface area contributed by atoms with Crippen molar-refractivity contribution in [2.75, 3.05) is 43.3 Å². The third kappa shape index (κ3) is 9.49. The number of halogens is 1. The minimum Gasteiger partial charge on any atom is -0.496 e. The number of carbonyl (C=O) groups is 3. The Kier molecular flexibility index (Phi) is 13.1. The number of nitrogens with zero attached hydrogens (tertiary/aromatic N) is 5. The molecule has 3 N–H and O–H groups in total. The van der Waals surface area contributed by atoms with Crippen LogP contribution in [-0.2, 0) is 36.0 Å². The van der Waals surface area contributed by atoms with E-state index < -0.39 is 24.2 Å². The van der Waals surface area contributed by atoms with E-state index in [1.54, 1.807) is 73.3 Å². The Morgan fingerprint density at radius 2 is 1.67 bits per heavy atom. The number of aromatic nitrogens is 4. The largest absolute Gasteiger partial charge is 0.496 e. The molecule has 1 aliphatic heterocycles. The molecule has 2 aromatic carbocycles. The number of imidazole rings is 1. The molecule has 5 aromatic rings. The summed E-state index contributed by atoms with van der Waals surface area (Å²) < 4.78 is 23.6. The predicted molar refractivity (Wildman–Crippen MR) is 220 cm³/mol. The zero-order valence-corrected chi connectivity index (χ0v) is 34.3. The Balaban J connectivity index is 1.13. The molecule has 1 unspecified atom stereocenters. The summed E-state index contributed by atoms with van der Waals surface area (Å²) in [5, 5.41) is 9.48. The Morgan fingerprint density at radius 3 is 2.41 bits per heavy atom. The van der Waals surface area contributed by atoms with Crippen LogP contribution in [0.3, 0.4) is 0 Å². The van der Waals surface area contributed by atoms with Gasteiger partial charge < -0.3 is 44.4 Å². The summed E-state index contributed by atoms with van der Waals surface area (Å²) >= 11 is 6.97. The summed E-state index contributed by atoms with van der Waals surface area (Å²) in [6.45, 7) is 9.08. The number of hydrogen-bond acceptors (Lipinski definition) is 11. The molecule has 58 heavy (non-hydrogen) atoms. The predicted octanol–water partition coefficient (Wildman–Crippen LogP) is 7.49. The first-order valence-corrected chi connectivity index (χ1v) is 19.1. The zero-order valence-electron chi connectivity index (χ0n) is 33.5. The van der Waals surface area contributed by atoms with Crippen molar-refractivity contribution >= 4 is 46.6 Å². The van der Waals surface area contributed by atoms with Gasteiger partial charge in [0.25, 0.3) is 11.8 Å². The first-order chi connectivity index (χ1) is 27.9. The van der Waals surface area contributed by atoms with Crippen LogP contribution in [0.25, 0.3) is 11.1 Å². The number of ether oxygens (including phenoxy) is 4. The van der Waals surface area contributed by atoms with Crippen molar-refractivity contribution in [3.63, 3.8) is 0 Å². The Labute approximate surface area is 342 Å².